The Morgan fingerprint density at radius 2 is 1.71 bits per heavy atom. The topological polar surface area (TPSA) is 67.2 Å². The predicted molar refractivity (Wildman–Crippen MR) is 87.0 cm³/mol. The van der Waals surface area contributed by atoms with Crippen molar-refractivity contribution in [2.75, 3.05) is 10.6 Å². The number of nitro benzene ring substituents is 1. The molecule has 21 heavy (non-hydrogen) atoms. The summed E-state index contributed by atoms with van der Waals surface area (Å²) in [6.45, 7) is 0. The van der Waals surface area contributed by atoms with Gasteiger partial charge in [0, 0.05) is 21.9 Å². The highest BCUT2D eigenvalue weighted by Gasteiger charge is 2.14. The molecule has 0 unspecified atom stereocenters. The summed E-state index contributed by atoms with van der Waals surface area (Å²) in [4.78, 5) is 9.88. The fraction of sp³-hybridized carbons (Fsp3) is 0. The van der Waals surface area contributed by atoms with Gasteiger partial charge in [-0.05, 0) is 48.6 Å². The van der Waals surface area contributed by atoms with E-state index in [2.05, 4.69) is 26.6 Å². The van der Waals surface area contributed by atoms with Crippen molar-refractivity contribution in [3.05, 3.63) is 62.9 Å². The number of hydrogen-bond donors (Lipinski definition) is 2. The molecule has 2 N–H and O–H groups in total. The maximum absolute atomic E-state index is 13.2. The smallest absolute Gasteiger partial charge is 0.306 e. The molecule has 0 saturated carbocycles. The molecule has 0 spiro atoms. The first-order chi connectivity index (χ1) is 9.95. The molecule has 0 atom stereocenters. The summed E-state index contributed by atoms with van der Waals surface area (Å²) in [5.74, 6) is -0.891. The quantitative estimate of drug-likeness (QED) is 0.479. The zero-order chi connectivity index (χ0) is 15.4. The molecule has 8 heteroatoms. The van der Waals surface area contributed by atoms with E-state index in [-0.39, 0.29) is 5.11 Å². The monoisotopic (exact) mass is 369 g/mol. The SMILES string of the molecule is O=[N+]([O-])c1cc(NC(=S)Nc2ccc(Br)cc2)ccc1F. The lowest BCUT2D eigenvalue weighted by molar-refractivity contribution is -0.387. The lowest BCUT2D eigenvalue weighted by Crippen LogP contribution is -2.19. The first kappa shape index (κ1) is 15.3. The molecule has 0 heterocycles. The standard InChI is InChI=1S/C13H9BrFN3O2S/c14-8-1-3-9(4-2-8)16-13(21)17-10-5-6-11(15)12(7-10)18(19)20/h1-7H,(H2,16,17,21). The molecule has 2 aromatic rings. The van der Waals surface area contributed by atoms with Gasteiger partial charge in [0.05, 0.1) is 4.92 Å². The first-order valence-electron chi connectivity index (χ1n) is 5.73. The summed E-state index contributed by atoms with van der Waals surface area (Å²) in [7, 11) is 0. The third kappa shape index (κ3) is 4.20. The van der Waals surface area contributed by atoms with E-state index in [1.165, 1.54) is 6.07 Å². The minimum absolute atomic E-state index is 0.248. The second-order valence-electron chi connectivity index (χ2n) is 4.01. The van der Waals surface area contributed by atoms with E-state index in [9.17, 15) is 14.5 Å². The van der Waals surface area contributed by atoms with Crippen LogP contribution in [0.15, 0.2) is 46.9 Å². The molecule has 5 nitrogen and oxygen atoms in total. The number of rotatable bonds is 3. The average molecular weight is 370 g/mol. The van der Waals surface area contributed by atoms with Crippen LogP contribution in [0.5, 0.6) is 0 Å². The van der Waals surface area contributed by atoms with E-state index in [4.69, 9.17) is 12.2 Å². The largest absolute Gasteiger partial charge is 0.332 e. The Labute approximate surface area is 133 Å². The van der Waals surface area contributed by atoms with Crippen molar-refractivity contribution in [3.8, 4) is 0 Å². The van der Waals surface area contributed by atoms with Crippen molar-refractivity contribution in [2.45, 2.75) is 0 Å². The minimum atomic E-state index is -0.891. The number of halogens is 2. The molecule has 2 aromatic carbocycles. The summed E-state index contributed by atoms with van der Waals surface area (Å²) in [6.07, 6.45) is 0. The van der Waals surface area contributed by atoms with Crippen molar-refractivity contribution in [2.24, 2.45) is 0 Å². The van der Waals surface area contributed by atoms with Gasteiger partial charge in [-0.25, -0.2) is 0 Å². The molecule has 0 radical (unpaired) electrons. The molecule has 0 aliphatic heterocycles. The van der Waals surface area contributed by atoms with Crippen molar-refractivity contribution in [3.63, 3.8) is 0 Å². The highest BCUT2D eigenvalue weighted by molar-refractivity contribution is 9.10. The van der Waals surface area contributed by atoms with Gasteiger partial charge in [0.15, 0.2) is 5.11 Å². The summed E-state index contributed by atoms with van der Waals surface area (Å²) in [5, 5.41) is 16.6. The Balaban J connectivity index is 2.07. The Morgan fingerprint density at radius 3 is 2.33 bits per heavy atom. The third-order valence-electron chi connectivity index (χ3n) is 2.50. The number of nitro groups is 1. The molecule has 0 aromatic heterocycles. The average Bonchev–Trinajstić information content (AvgIpc) is 2.43. The number of nitrogens with one attached hydrogen (secondary N) is 2. The molecule has 108 valence electrons. The number of benzene rings is 2. The van der Waals surface area contributed by atoms with Gasteiger partial charge in [0.1, 0.15) is 0 Å². The van der Waals surface area contributed by atoms with E-state index < -0.39 is 16.4 Å². The summed E-state index contributed by atoms with van der Waals surface area (Å²) >= 11 is 8.41. The molecular weight excluding hydrogens is 361 g/mol. The predicted octanol–water partition coefficient (Wildman–Crippen LogP) is 4.31. The van der Waals surface area contributed by atoms with E-state index >= 15 is 0 Å². The van der Waals surface area contributed by atoms with Crippen molar-refractivity contribution in [1.82, 2.24) is 0 Å². The maximum atomic E-state index is 13.2. The van der Waals surface area contributed by atoms with Crippen LogP contribution in [0.1, 0.15) is 0 Å². The van der Waals surface area contributed by atoms with Crippen LogP contribution in [0, 0.1) is 15.9 Å². The van der Waals surface area contributed by atoms with Crippen LogP contribution in [0.3, 0.4) is 0 Å². The molecule has 0 aliphatic carbocycles. The normalized spacial score (nSPS) is 10.0. The van der Waals surface area contributed by atoms with Gasteiger partial charge in [-0.2, -0.15) is 4.39 Å². The highest BCUT2D eigenvalue weighted by Crippen LogP contribution is 2.22. The van der Waals surface area contributed by atoms with Crippen LogP contribution in [0.2, 0.25) is 0 Å². The van der Waals surface area contributed by atoms with E-state index in [1.54, 1.807) is 0 Å². The third-order valence-corrected chi connectivity index (χ3v) is 3.24. The number of hydrogen-bond acceptors (Lipinski definition) is 3. The van der Waals surface area contributed by atoms with Crippen LogP contribution in [0.4, 0.5) is 21.5 Å². The second-order valence-corrected chi connectivity index (χ2v) is 5.33. The first-order valence-corrected chi connectivity index (χ1v) is 6.93. The van der Waals surface area contributed by atoms with E-state index in [0.717, 1.165) is 22.3 Å². The molecule has 0 fully saturated rings. The van der Waals surface area contributed by atoms with Gasteiger partial charge >= 0.3 is 5.69 Å². The zero-order valence-electron chi connectivity index (χ0n) is 10.5. The van der Waals surface area contributed by atoms with Crippen molar-refractivity contribution < 1.29 is 9.31 Å². The zero-order valence-corrected chi connectivity index (χ0v) is 12.9. The van der Waals surface area contributed by atoms with Crippen molar-refractivity contribution >= 4 is 50.3 Å². The second kappa shape index (κ2) is 6.59. The highest BCUT2D eigenvalue weighted by atomic mass is 79.9. The molecule has 0 amide bonds. The Bertz CT molecular complexity index is 694. The lowest BCUT2D eigenvalue weighted by atomic mass is 10.2. The number of nitrogens with zero attached hydrogens (tertiary/aromatic N) is 1. The van der Waals surface area contributed by atoms with Gasteiger partial charge < -0.3 is 10.6 Å². The fourth-order valence-electron chi connectivity index (χ4n) is 1.56. The number of thiocarbonyl (C=S) groups is 1. The summed E-state index contributed by atoms with van der Waals surface area (Å²) in [5.41, 5.74) is 0.483. The van der Waals surface area contributed by atoms with Crippen molar-refractivity contribution in [1.29, 1.82) is 0 Å². The molecular formula is C13H9BrFN3O2S. The number of anilines is 2. The van der Waals surface area contributed by atoms with Crippen LogP contribution >= 0.6 is 28.1 Å². The molecule has 2 rings (SSSR count). The van der Waals surface area contributed by atoms with E-state index in [0.29, 0.717) is 5.69 Å². The summed E-state index contributed by atoms with van der Waals surface area (Å²) in [6, 6.07) is 10.8. The molecule has 0 saturated heterocycles. The van der Waals surface area contributed by atoms with E-state index in [1.807, 2.05) is 24.3 Å². The molecule has 0 bridgehead atoms. The Kier molecular flexibility index (Phi) is 4.81. The summed E-state index contributed by atoms with van der Waals surface area (Å²) < 4.78 is 14.2. The lowest BCUT2D eigenvalue weighted by Gasteiger charge is -2.10. The van der Waals surface area contributed by atoms with Crippen LogP contribution < -0.4 is 10.6 Å². The Morgan fingerprint density at radius 1 is 1.14 bits per heavy atom. The van der Waals surface area contributed by atoms with Crippen LogP contribution in [-0.4, -0.2) is 10.0 Å². The Hall–Kier alpha value is -2.06. The van der Waals surface area contributed by atoms with Gasteiger partial charge in [-0.3, -0.25) is 10.1 Å². The maximum Gasteiger partial charge on any atom is 0.306 e. The van der Waals surface area contributed by atoms with Crippen LogP contribution in [-0.2, 0) is 0 Å². The molecule has 0 aliphatic rings. The fourth-order valence-corrected chi connectivity index (χ4v) is 2.06. The van der Waals surface area contributed by atoms with Crippen LogP contribution in [0.25, 0.3) is 0 Å². The van der Waals surface area contributed by atoms with Gasteiger partial charge in [0.25, 0.3) is 0 Å². The van der Waals surface area contributed by atoms with Gasteiger partial charge in [-0.1, -0.05) is 15.9 Å². The van der Waals surface area contributed by atoms with Gasteiger partial charge in [-0.15, -0.1) is 0 Å². The van der Waals surface area contributed by atoms with Gasteiger partial charge in [0.2, 0.25) is 5.82 Å². The minimum Gasteiger partial charge on any atom is -0.332 e.